The fraction of sp³-hybridized carbons (Fsp3) is 0.0444. The lowest BCUT2D eigenvalue weighted by Gasteiger charge is -2.24. The van der Waals surface area contributed by atoms with E-state index in [0.717, 1.165) is 22.3 Å². The maximum atomic E-state index is 12.3. The highest BCUT2D eigenvalue weighted by Gasteiger charge is 2.29. The van der Waals surface area contributed by atoms with E-state index in [9.17, 15) is 14.4 Å². The quantitative estimate of drug-likeness (QED) is 0.136. The van der Waals surface area contributed by atoms with Crippen molar-refractivity contribution in [2.24, 2.45) is 0 Å². The molecule has 244 valence electrons. The van der Waals surface area contributed by atoms with Crippen LogP contribution in [0.4, 0.5) is 0 Å². The van der Waals surface area contributed by atoms with E-state index in [2.05, 4.69) is 0 Å². The highest BCUT2D eigenvalue weighted by atomic mass is 16.5. The van der Waals surface area contributed by atoms with Gasteiger partial charge in [-0.05, 0) is 47.0 Å². The number of carbonyl (C=O) groups excluding carboxylic acids is 2. The first kappa shape index (κ1) is 33.3. The molecule has 1 atom stereocenters. The monoisotopic (exact) mass is 654 g/mol. The summed E-state index contributed by atoms with van der Waals surface area (Å²) in [4.78, 5) is 36.3. The average Bonchev–Trinajstić information content (AvgIpc) is 3.19. The number of Topliss-reactive ketones (excluding diaryl/α,β-unsaturated/α-hetero) is 1. The van der Waals surface area contributed by atoms with E-state index in [4.69, 9.17) is 9.15 Å². The molecule has 6 aromatic carbocycles. The van der Waals surface area contributed by atoms with Crippen molar-refractivity contribution < 1.29 is 18.7 Å². The Kier molecular flexibility index (Phi) is 11.0. The van der Waals surface area contributed by atoms with Crippen LogP contribution in [-0.4, -0.2) is 18.2 Å². The molecule has 1 aromatic heterocycles. The standard InChI is InChI=1S/C15H12O2.C15H10O2.C15H12O/c2*16-15-12-8-4-5-9-14(12)17-10-13(15)11-6-2-1-3-7-11;16-15(14-9-5-2-6-10-14)12-11-13-7-3-1-4-8-13/h1-9,13H,10H2;1-10H;1-12H. The van der Waals surface area contributed by atoms with Crippen molar-refractivity contribution in [1.82, 2.24) is 0 Å². The minimum Gasteiger partial charge on any atom is -0.492 e. The van der Waals surface area contributed by atoms with Crippen LogP contribution in [-0.2, 0) is 0 Å². The third-order valence-electron chi connectivity index (χ3n) is 8.13. The molecule has 7 aromatic rings. The van der Waals surface area contributed by atoms with Crippen molar-refractivity contribution in [3.05, 3.63) is 215 Å². The predicted molar refractivity (Wildman–Crippen MR) is 200 cm³/mol. The SMILES string of the molecule is O=C(C=Cc1ccccc1)c1ccccc1.O=C1c2ccccc2OCC1c1ccccc1.O=c1c(-c2ccccc2)coc2ccccc12. The number of rotatable bonds is 5. The van der Waals surface area contributed by atoms with Gasteiger partial charge in [0.15, 0.2) is 17.0 Å². The fourth-order valence-corrected chi connectivity index (χ4v) is 5.50. The molecule has 1 unspecified atom stereocenters. The van der Waals surface area contributed by atoms with Crippen LogP contribution in [0.3, 0.4) is 0 Å². The molecule has 0 fully saturated rings. The van der Waals surface area contributed by atoms with Crippen molar-refractivity contribution in [2.45, 2.75) is 5.92 Å². The summed E-state index contributed by atoms with van der Waals surface area (Å²) in [6.07, 6.45) is 4.96. The van der Waals surface area contributed by atoms with Crippen LogP contribution in [0, 0.1) is 0 Å². The zero-order valence-electron chi connectivity index (χ0n) is 27.2. The maximum Gasteiger partial charge on any atom is 0.200 e. The lowest BCUT2D eigenvalue weighted by molar-refractivity contribution is 0.0896. The Hall–Kier alpha value is -6.59. The van der Waals surface area contributed by atoms with Gasteiger partial charge in [-0.1, -0.05) is 152 Å². The highest BCUT2D eigenvalue weighted by Crippen LogP contribution is 2.32. The van der Waals surface area contributed by atoms with Gasteiger partial charge in [-0.2, -0.15) is 0 Å². The summed E-state index contributed by atoms with van der Waals surface area (Å²) in [6.45, 7) is 0.430. The summed E-state index contributed by atoms with van der Waals surface area (Å²) in [5, 5.41) is 0.619. The highest BCUT2D eigenvalue weighted by molar-refractivity contribution is 6.06. The Labute approximate surface area is 290 Å². The minimum atomic E-state index is -0.175. The van der Waals surface area contributed by atoms with E-state index < -0.39 is 0 Å². The normalized spacial score (nSPS) is 13.2. The Morgan fingerprint density at radius 2 is 1.18 bits per heavy atom. The van der Waals surface area contributed by atoms with Crippen LogP contribution in [0.15, 0.2) is 191 Å². The number of ether oxygens (including phenoxy) is 1. The second-order valence-electron chi connectivity index (χ2n) is 11.4. The molecule has 0 saturated heterocycles. The number of para-hydroxylation sites is 2. The number of fused-ring (bicyclic) bond motifs is 2. The lowest BCUT2D eigenvalue weighted by atomic mass is 9.89. The van der Waals surface area contributed by atoms with Crippen molar-refractivity contribution in [1.29, 1.82) is 0 Å². The summed E-state index contributed by atoms with van der Waals surface area (Å²) >= 11 is 0. The van der Waals surface area contributed by atoms with E-state index in [1.807, 2.05) is 164 Å². The first-order valence-corrected chi connectivity index (χ1v) is 16.3. The van der Waals surface area contributed by atoms with Gasteiger partial charge in [-0.25, -0.2) is 0 Å². The molecule has 2 heterocycles. The number of hydrogen-bond donors (Lipinski definition) is 0. The molecular formula is C45H34O5. The molecule has 0 saturated carbocycles. The summed E-state index contributed by atoms with van der Waals surface area (Å²) in [6, 6.07) is 53.1. The molecule has 0 amide bonds. The van der Waals surface area contributed by atoms with E-state index in [1.54, 1.807) is 18.2 Å². The summed E-state index contributed by atoms with van der Waals surface area (Å²) in [7, 11) is 0. The van der Waals surface area contributed by atoms with Crippen LogP contribution in [0.2, 0.25) is 0 Å². The molecule has 8 rings (SSSR count). The van der Waals surface area contributed by atoms with Gasteiger partial charge in [0.05, 0.1) is 22.4 Å². The van der Waals surface area contributed by atoms with E-state index in [0.29, 0.717) is 34.5 Å². The Balaban J connectivity index is 0.000000130. The van der Waals surface area contributed by atoms with Gasteiger partial charge < -0.3 is 9.15 Å². The third-order valence-corrected chi connectivity index (χ3v) is 8.13. The van der Waals surface area contributed by atoms with Crippen LogP contribution in [0.1, 0.15) is 37.8 Å². The molecule has 0 radical (unpaired) electrons. The first-order valence-electron chi connectivity index (χ1n) is 16.3. The predicted octanol–water partition coefficient (Wildman–Crippen LogP) is 10.1. The molecule has 1 aliphatic heterocycles. The molecule has 5 nitrogen and oxygen atoms in total. The number of allylic oxidation sites excluding steroid dienone is 1. The summed E-state index contributed by atoms with van der Waals surface area (Å²) in [5.41, 5.74) is 5.58. The molecule has 0 aliphatic carbocycles. The van der Waals surface area contributed by atoms with Gasteiger partial charge in [-0.3, -0.25) is 14.4 Å². The van der Waals surface area contributed by atoms with Gasteiger partial charge in [0.2, 0.25) is 0 Å². The van der Waals surface area contributed by atoms with Gasteiger partial charge in [0.25, 0.3) is 0 Å². The molecule has 50 heavy (non-hydrogen) atoms. The molecule has 0 bridgehead atoms. The molecule has 0 N–H and O–H groups in total. The number of benzene rings is 6. The number of hydrogen-bond acceptors (Lipinski definition) is 5. The average molecular weight is 655 g/mol. The van der Waals surface area contributed by atoms with Crippen molar-refractivity contribution in [2.75, 3.05) is 6.61 Å². The van der Waals surface area contributed by atoms with Gasteiger partial charge in [-0.15, -0.1) is 0 Å². The summed E-state index contributed by atoms with van der Waals surface area (Å²) in [5.74, 6) is 0.707. The Morgan fingerprint density at radius 1 is 0.600 bits per heavy atom. The molecule has 1 aliphatic rings. The van der Waals surface area contributed by atoms with Gasteiger partial charge in [0, 0.05) is 5.56 Å². The van der Waals surface area contributed by atoms with E-state index in [-0.39, 0.29) is 22.9 Å². The second kappa shape index (κ2) is 16.5. The second-order valence-corrected chi connectivity index (χ2v) is 11.4. The van der Waals surface area contributed by atoms with Crippen molar-refractivity contribution in [3.63, 3.8) is 0 Å². The smallest absolute Gasteiger partial charge is 0.200 e. The van der Waals surface area contributed by atoms with Gasteiger partial charge >= 0.3 is 0 Å². The van der Waals surface area contributed by atoms with Gasteiger partial charge in [0.1, 0.15) is 24.2 Å². The van der Waals surface area contributed by atoms with Crippen LogP contribution < -0.4 is 10.2 Å². The molecule has 5 heteroatoms. The zero-order chi connectivity index (χ0) is 34.5. The van der Waals surface area contributed by atoms with E-state index >= 15 is 0 Å². The van der Waals surface area contributed by atoms with Crippen LogP contribution in [0.5, 0.6) is 5.75 Å². The molecular weight excluding hydrogens is 620 g/mol. The Bertz CT molecular complexity index is 2260. The molecule has 0 spiro atoms. The van der Waals surface area contributed by atoms with E-state index in [1.165, 1.54) is 6.26 Å². The lowest BCUT2D eigenvalue weighted by Crippen LogP contribution is -2.25. The number of carbonyl (C=O) groups is 2. The zero-order valence-corrected chi connectivity index (χ0v) is 27.2. The van der Waals surface area contributed by atoms with Crippen molar-refractivity contribution in [3.8, 4) is 16.9 Å². The summed E-state index contributed by atoms with van der Waals surface area (Å²) < 4.78 is 11.1. The first-order chi connectivity index (χ1) is 24.6. The van der Waals surface area contributed by atoms with Crippen LogP contribution >= 0.6 is 0 Å². The number of ketones is 2. The van der Waals surface area contributed by atoms with Crippen LogP contribution in [0.25, 0.3) is 28.2 Å². The fourth-order valence-electron chi connectivity index (χ4n) is 5.50. The van der Waals surface area contributed by atoms with Crippen molar-refractivity contribution >= 4 is 28.6 Å². The topological polar surface area (TPSA) is 73.6 Å². The minimum absolute atomic E-state index is 0.0121. The Morgan fingerprint density at radius 3 is 1.90 bits per heavy atom. The third kappa shape index (κ3) is 8.27. The maximum absolute atomic E-state index is 12.3. The largest absolute Gasteiger partial charge is 0.492 e.